The zero-order valence-corrected chi connectivity index (χ0v) is 16.2. The summed E-state index contributed by atoms with van der Waals surface area (Å²) < 4.78 is 39.8. The number of rotatable bonds is 7. The van der Waals surface area contributed by atoms with E-state index < -0.39 is 10.0 Å². The monoisotopic (exact) mass is 387 g/mol. The van der Waals surface area contributed by atoms with Gasteiger partial charge >= 0.3 is 0 Å². The molecule has 0 unspecified atom stereocenters. The van der Waals surface area contributed by atoms with Crippen molar-refractivity contribution in [1.29, 1.82) is 0 Å². The zero-order chi connectivity index (χ0) is 19.4. The van der Waals surface area contributed by atoms with Crippen molar-refractivity contribution in [2.24, 2.45) is 0 Å². The van der Waals surface area contributed by atoms with Crippen LogP contribution < -0.4 is 14.2 Å². The van der Waals surface area contributed by atoms with Crippen molar-refractivity contribution in [3.63, 3.8) is 0 Å². The molecule has 0 aliphatic heterocycles. The van der Waals surface area contributed by atoms with Gasteiger partial charge in [0.25, 0.3) is 10.0 Å². The Kier molecular flexibility index (Phi) is 5.36. The number of hydrogen-bond acceptors (Lipinski definition) is 5. The molecule has 27 heavy (non-hydrogen) atoms. The minimum atomic E-state index is -3.77. The van der Waals surface area contributed by atoms with Crippen LogP contribution >= 0.6 is 0 Å². The van der Waals surface area contributed by atoms with Crippen LogP contribution in [0.2, 0.25) is 0 Å². The Balaban J connectivity index is 1.76. The molecule has 1 N–H and O–H groups in total. The topological polar surface area (TPSA) is 82.5 Å². The van der Waals surface area contributed by atoms with Crippen molar-refractivity contribution < 1.29 is 17.9 Å². The fourth-order valence-electron chi connectivity index (χ4n) is 2.58. The summed E-state index contributed by atoms with van der Waals surface area (Å²) >= 11 is 0. The molecule has 0 radical (unpaired) electrons. The van der Waals surface area contributed by atoms with Gasteiger partial charge in [0, 0.05) is 12.3 Å². The maximum Gasteiger partial charge on any atom is 0.262 e. The van der Waals surface area contributed by atoms with Gasteiger partial charge in [0.2, 0.25) is 0 Å². The van der Waals surface area contributed by atoms with E-state index in [0.29, 0.717) is 23.7 Å². The summed E-state index contributed by atoms with van der Waals surface area (Å²) in [4.78, 5) is 0.0754. The summed E-state index contributed by atoms with van der Waals surface area (Å²) in [5.41, 5.74) is 2.65. The van der Waals surface area contributed by atoms with E-state index in [9.17, 15) is 8.42 Å². The number of methoxy groups -OCH3 is 2. The molecule has 0 saturated carbocycles. The molecule has 0 spiro atoms. The van der Waals surface area contributed by atoms with Gasteiger partial charge in [0.05, 0.1) is 37.5 Å². The van der Waals surface area contributed by atoms with Gasteiger partial charge in [-0.15, -0.1) is 0 Å². The van der Waals surface area contributed by atoms with Crippen LogP contribution in [-0.2, 0) is 16.6 Å². The molecule has 2 aromatic carbocycles. The lowest BCUT2D eigenvalue weighted by Gasteiger charge is -2.10. The second-order valence-electron chi connectivity index (χ2n) is 6.03. The minimum absolute atomic E-state index is 0.0754. The first-order valence-corrected chi connectivity index (χ1v) is 9.72. The molecule has 0 bridgehead atoms. The van der Waals surface area contributed by atoms with E-state index in [1.165, 1.54) is 38.1 Å². The van der Waals surface area contributed by atoms with Gasteiger partial charge in [0.1, 0.15) is 0 Å². The Morgan fingerprint density at radius 2 is 1.74 bits per heavy atom. The van der Waals surface area contributed by atoms with E-state index in [0.717, 1.165) is 5.56 Å². The molecule has 0 saturated heterocycles. The van der Waals surface area contributed by atoms with E-state index in [2.05, 4.69) is 9.82 Å². The second kappa shape index (κ2) is 7.71. The average Bonchev–Trinajstić information content (AvgIpc) is 3.09. The Morgan fingerprint density at radius 1 is 1.04 bits per heavy atom. The lowest BCUT2D eigenvalue weighted by Crippen LogP contribution is -2.12. The first-order chi connectivity index (χ1) is 12.9. The molecule has 7 nitrogen and oxygen atoms in total. The van der Waals surface area contributed by atoms with Crippen molar-refractivity contribution in [2.45, 2.75) is 18.4 Å². The summed E-state index contributed by atoms with van der Waals surface area (Å²) in [6.45, 7) is 2.58. The van der Waals surface area contributed by atoms with Gasteiger partial charge in [-0.2, -0.15) is 5.10 Å². The van der Waals surface area contributed by atoms with Gasteiger partial charge in [-0.1, -0.05) is 29.8 Å². The number of anilines is 1. The Labute approximate surface area is 158 Å². The van der Waals surface area contributed by atoms with Crippen molar-refractivity contribution in [1.82, 2.24) is 9.78 Å². The first-order valence-electron chi connectivity index (χ1n) is 8.24. The number of aromatic nitrogens is 2. The van der Waals surface area contributed by atoms with Crippen molar-refractivity contribution in [2.75, 3.05) is 18.9 Å². The van der Waals surface area contributed by atoms with E-state index in [4.69, 9.17) is 9.47 Å². The minimum Gasteiger partial charge on any atom is -0.493 e. The summed E-state index contributed by atoms with van der Waals surface area (Å²) in [5.74, 6) is 0.804. The summed E-state index contributed by atoms with van der Waals surface area (Å²) in [6, 6.07) is 12.5. The maximum absolute atomic E-state index is 12.6. The normalized spacial score (nSPS) is 11.2. The highest BCUT2D eigenvalue weighted by molar-refractivity contribution is 7.92. The Morgan fingerprint density at radius 3 is 2.41 bits per heavy atom. The predicted octanol–water partition coefficient (Wildman–Crippen LogP) is 3.06. The van der Waals surface area contributed by atoms with Crippen molar-refractivity contribution >= 4 is 15.7 Å². The number of ether oxygens (including phenoxy) is 2. The largest absolute Gasteiger partial charge is 0.493 e. The lowest BCUT2D eigenvalue weighted by molar-refractivity contribution is 0.354. The molecular formula is C19H21N3O4S. The molecular weight excluding hydrogens is 366 g/mol. The summed E-state index contributed by atoms with van der Waals surface area (Å²) in [6.07, 6.45) is 3.13. The summed E-state index contributed by atoms with van der Waals surface area (Å²) in [5, 5.41) is 4.22. The third kappa shape index (κ3) is 4.40. The SMILES string of the molecule is COc1ccc(S(=O)(=O)Nc2cnn(Cc3ccc(C)cc3)c2)cc1OC. The number of nitrogens with one attached hydrogen (secondary N) is 1. The first kappa shape index (κ1) is 18.8. The predicted molar refractivity (Wildman–Crippen MR) is 103 cm³/mol. The van der Waals surface area contributed by atoms with Crippen LogP contribution in [0.3, 0.4) is 0 Å². The molecule has 0 aliphatic carbocycles. The number of sulfonamides is 1. The van der Waals surface area contributed by atoms with Gasteiger partial charge in [-0.05, 0) is 24.6 Å². The zero-order valence-electron chi connectivity index (χ0n) is 15.3. The number of nitrogens with zero attached hydrogens (tertiary/aromatic N) is 2. The van der Waals surface area contributed by atoms with Crippen LogP contribution in [0.1, 0.15) is 11.1 Å². The van der Waals surface area contributed by atoms with Crippen LogP contribution in [0.4, 0.5) is 5.69 Å². The van der Waals surface area contributed by atoms with Gasteiger partial charge in [-0.3, -0.25) is 9.40 Å². The smallest absolute Gasteiger partial charge is 0.262 e. The molecule has 0 amide bonds. The van der Waals surface area contributed by atoms with Crippen LogP contribution in [0.25, 0.3) is 0 Å². The Hall–Kier alpha value is -3.00. The summed E-state index contributed by atoms with van der Waals surface area (Å²) in [7, 11) is -0.827. The fourth-order valence-corrected chi connectivity index (χ4v) is 3.62. The molecule has 0 atom stereocenters. The fraction of sp³-hybridized carbons (Fsp3) is 0.211. The molecule has 8 heteroatoms. The van der Waals surface area contributed by atoms with Crippen LogP contribution in [0.5, 0.6) is 11.5 Å². The van der Waals surface area contributed by atoms with E-state index in [-0.39, 0.29) is 4.90 Å². The molecule has 1 aromatic heterocycles. The van der Waals surface area contributed by atoms with Crippen LogP contribution in [0.15, 0.2) is 59.8 Å². The molecule has 0 fully saturated rings. The van der Waals surface area contributed by atoms with Crippen LogP contribution in [-0.4, -0.2) is 32.4 Å². The molecule has 142 valence electrons. The van der Waals surface area contributed by atoms with Gasteiger partial charge in [-0.25, -0.2) is 8.42 Å². The Bertz CT molecular complexity index is 1030. The van der Waals surface area contributed by atoms with E-state index >= 15 is 0 Å². The van der Waals surface area contributed by atoms with E-state index in [1.807, 2.05) is 31.2 Å². The van der Waals surface area contributed by atoms with Crippen LogP contribution in [0, 0.1) is 6.92 Å². The quantitative estimate of drug-likeness (QED) is 0.674. The number of aryl methyl sites for hydroxylation is 1. The molecule has 1 heterocycles. The third-order valence-corrected chi connectivity index (χ3v) is 5.39. The number of benzene rings is 2. The standard InChI is InChI=1S/C19H21N3O4S/c1-14-4-6-15(7-5-14)12-22-13-16(11-20-22)21-27(23,24)17-8-9-18(25-2)19(10-17)26-3/h4-11,13,21H,12H2,1-3H3. The number of hydrogen-bond donors (Lipinski definition) is 1. The third-order valence-electron chi connectivity index (χ3n) is 4.02. The average molecular weight is 387 g/mol. The van der Waals surface area contributed by atoms with E-state index in [1.54, 1.807) is 16.9 Å². The molecule has 3 rings (SSSR count). The second-order valence-corrected chi connectivity index (χ2v) is 7.72. The van der Waals surface area contributed by atoms with Crippen molar-refractivity contribution in [3.8, 4) is 11.5 Å². The molecule has 3 aromatic rings. The molecule has 0 aliphatic rings. The highest BCUT2D eigenvalue weighted by atomic mass is 32.2. The lowest BCUT2D eigenvalue weighted by atomic mass is 10.1. The highest BCUT2D eigenvalue weighted by Gasteiger charge is 2.18. The highest BCUT2D eigenvalue weighted by Crippen LogP contribution is 2.30. The van der Waals surface area contributed by atoms with Gasteiger partial charge < -0.3 is 9.47 Å². The maximum atomic E-state index is 12.6. The van der Waals surface area contributed by atoms with Crippen molar-refractivity contribution in [3.05, 3.63) is 66.0 Å². The van der Waals surface area contributed by atoms with Gasteiger partial charge in [0.15, 0.2) is 11.5 Å².